The zero-order valence-corrected chi connectivity index (χ0v) is 26.0. The number of benzene rings is 3. The van der Waals surface area contributed by atoms with E-state index < -0.39 is 5.91 Å². The van der Waals surface area contributed by atoms with Gasteiger partial charge in [0.1, 0.15) is 0 Å². The Morgan fingerprint density at radius 1 is 0.643 bits per heavy atom. The first-order valence-electron chi connectivity index (χ1n) is 14.1. The molecule has 1 amide bonds. The molecule has 0 saturated carbocycles. The summed E-state index contributed by atoms with van der Waals surface area (Å²) in [4.78, 5) is 34.9. The molecule has 0 aromatic heterocycles. The van der Waals surface area contributed by atoms with Crippen LogP contribution in [0.2, 0.25) is 0 Å². The van der Waals surface area contributed by atoms with E-state index in [0.717, 1.165) is 63.6 Å². The number of hydrogen-bond donors (Lipinski definition) is 0. The third-order valence-electron chi connectivity index (χ3n) is 8.19. The number of halogens is 3. The number of hydrogen-bond acceptors (Lipinski definition) is 6. The molecule has 0 bridgehead atoms. The van der Waals surface area contributed by atoms with Gasteiger partial charge < -0.3 is 19.4 Å². The van der Waals surface area contributed by atoms with Gasteiger partial charge in [0.2, 0.25) is 0 Å². The van der Waals surface area contributed by atoms with E-state index in [9.17, 15) is 9.59 Å². The lowest BCUT2D eigenvalue weighted by Crippen LogP contribution is -2.48. The Hall–Kier alpha value is -2.65. The van der Waals surface area contributed by atoms with Crippen molar-refractivity contribution in [1.29, 1.82) is 0 Å². The zero-order chi connectivity index (χ0) is 26.6. The Kier molecular flexibility index (Phi) is 12.7. The van der Waals surface area contributed by atoms with Crippen LogP contribution >= 0.6 is 37.2 Å². The number of rotatable bonds is 8. The Labute approximate surface area is 267 Å². The molecule has 7 nitrogen and oxygen atoms in total. The molecule has 0 spiro atoms. The van der Waals surface area contributed by atoms with Crippen molar-refractivity contribution in [1.82, 2.24) is 9.80 Å². The van der Waals surface area contributed by atoms with E-state index in [1.165, 1.54) is 11.1 Å². The number of amides is 1. The maximum Gasteiger partial charge on any atom is 0.299 e. The smallest absolute Gasteiger partial charge is 0.299 e. The fourth-order valence-corrected chi connectivity index (χ4v) is 6.20. The van der Waals surface area contributed by atoms with Crippen LogP contribution in [0, 0.1) is 0 Å². The molecule has 3 aromatic carbocycles. The largest absolute Gasteiger partial charge is 0.378 e. The molecule has 0 N–H and O–H groups in total. The van der Waals surface area contributed by atoms with Crippen LogP contribution in [0.1, 0.15) is 33.9 Å². The van der Waals surface area contributed by atoms with Crippen LogP contribution in [0.25, 0.3) is 0 Å². The minimum atomic E-state index is -0.399. The van der Waals surface area contributed by atoms with Crippen molar-refractivity contribution in [2.45, 2.75) is 12.5 Å². The second-order valence-corrected chi connectivity index (χ2v) is 10.5. The van der Waals surface area contributed by atoms with Gasteiger partial charge in [0.05, 0.1) is 36.2 Å². The van der Waals surface area contributed by atoms with Crippen LogP contribution in [0.5, 0.6) is 0 Å². The highest BCUT2D eigenvalue weighted by Gasteiger charge is 2.38. The number of morpholine rings is 1. The normalized spacial score (nSPS) is 17.4. The van der Waals surface area contributed by atoms with E-state index in [0.29, 0.717) is 25.3 Å². The molecular formula is C32H39Cl3N4O3. The van der Waals surface area contributed by atoms with Crippen molar-refractivity contribution in [3.63, 3.8) is 0 Å². The number of ketones is 1. The number of ether oxygens (including phenoxy) is 1. The summed E-state index contributed by atoms with van der Waals surface area (Å²) < 4.78 is 5.47. The summed E-state index contributed by atoms with van der Waals surface area (Å²) in [6, 6.07) is 27.6. The van der Waals surface area contributed by atoms with Gasteiger partial charge in [-0.05, 0) is 36.2 Å². The standard InChI is InChI=1S/C32H36N4O3.3ClH/c37-31-29-27(34-21-23-39-24-22-34)13-7-14-28(29)36(32(31)38)16-8-15-33-17-19-35(20-18-33)30(25-9-3-1-4-10-25)26-11-5-2-6-12-26;;;/h1-7,9-14,30H,8,15-24H2;3*1H. The SMILES string of the molecule is Cl.Cl.Cl.O=C1C(=O)N(CCCN2CCN(C(c3ccccc3)c3ccccc3)CC2)c2cccc(N3CCOCC3)c21. The average molecular weight is 634 g/mol. The summed E-state index contributed by atoms with van der Waals surface area (Å²) >= 11 is 0. The molecule has 3 aliphatic heterocycles. The third kappa shape index (κ3) is 7.10. The van der Waals surface area contributed by atoms with Crippen molar-refractivity contribution in [2.75, 3.05) is 75.4 Å². The van der Waals surface area contributed by atoms with Gasteiger partial charge in [-0.15, -0.1) is 37.2 Å². The molecule has 3 aromatic rings. The van der Waals surface area contributed by atoms with Crippen LogP contribution < -0.4 is 9.80 Å². The molecule has 3 aliphatic rings. The summed E-state index contributed by atoms with van der Waals surface area (Å²) in [5.74, 6) is -0.780. The van der Waals surface area contributed by atoms with Gasteiger partial charge in [0, 0.05) is 45.8 Å². The molecule has 0 unspecified atom stereocenters. The van der Waals surface area contributed by atoms with Gasteiger partial charge in [0.25, 0.3) is 11.7 Å². The number of Topliss-reactive ketones (excluding diaryl/α,β-unsaturated/α-hetero) is 1. The monoisotopic (exact) mass is 632 g/mol. The highest BCUT2D eigenvalue weighted by atomic mass is 35.5. The van der Waals surface area contributed by atoms with Gasteiger partial charge in [-0.25, -0.2) is 0 Å². The highest BCUT2D eigenvalue weighted by Crippen LogP contribution is 2.37. The second kappa shape index (κ2) is 15.7. The van der Waals surface area contributed by atoms with Crippen LogP contribution in [0.15, 0.2) is 78.9 Å². The average Bonchev–Trinajstić information content (AvgIpc) is 3.24. The minimum absolute atomic E-state index is 0. The molecule has 0 aliphatic carbocycles. The van der Waals surface area contributed by atoms with Gasteiger partial charge in [-0.2, -0.15) is 0 Å². The Balaban J connectivity index is 0.00000161. The molecule has 226 valence electrons. The Morgan fingerprint density at radius 2 is 1.21 bits per heavy atom. The molecule has 10 heteroatoms. The lowest BCUT2D eigenvalue weighted by Gasteiger charge is -2.40. The summed E-state index contributed by atoms with van der Waals surface area (Å²) in [5.41, 5.74) is 4.83. The quantitative estimate of drug-likeness (QED) is 0.321. The Morgan fingerprint density at radius 3 is 1.81 bits per heavy atom. The Bertz CT molecular complexity index is 1260. The lowest BCUT2D eigenvalue weighted by atomic mass is 9.96. The third-order valence-corrected chi connectivity index (χ3v) is 8.19. The number of fused-ring (bicyclic) bond motifs is 1. The van der Waals surface area contributed by atoms with Crippen LogP contribution in [-0.2, 0) is 9.53 Å². The van der Waals surface area contributed by atoms with Gasteiger partial charge >= 0.3 is 0 Å². The van der Waals surface area contributed by atoms with Crippen molar-refractivity contribution >= 4 is 60.3 Å². The van der Waals surface area contributed by atoms with Crippen molar-refractivity contribution in [3.8, 4) is 0 Å². The van der Waals surface area contributed by atoms with Crippen LogP contribution in [-0.4, -0.2) is 87.1 Å². The topological polar surface area (TPSA) is 56.3 Å². The van der Waals surface area contributed by atoms with E-state index >= 15 is 0 Å². The molecule has 3 heterocycles. The summed E-state index contributed by atoms with van der Waals surface area (Å²) in [5, 5.41) is 0. The highest BCUT2D eigenvalue weighted by molar-refractivity contribution is 6.53. The van der Waals surface area contributed by atoms with E-state index in [4.69, 9.17) is 4.74 Å². The molecule has 0 radical (unpaired) electrons. The maximum absolute atomic E-state index is 13.0. The van der Waals surface area contributed by atoms with Crippen molar-refractivity contribution in [3.05, 3.63) is 95.6 Å². The number of anilines is 2. The second-order valence-electron chi connectivity index (χ2n) is 10.5. The molecule has 2 fully saturated rings. The lowest BCUT2D eigenvalue weighted by molar-refractivity contribution is -0.114. The first-order chi connectivity index (χ1) is 19.2. The summed E-state index contributed by atoms with van der Waals surface area (Å²) in [6.07, 6.45) is 0.834. The van der Waals surface area contributed by atoms with Crippen LogP contribution in [0.4, 0.5) is 11.4 Å². The maximum atomic E-state index is 13.0. The molecular weight excluding hydrogens is 595 g/mol. The van der Waals surface area contributed by atoms with Gasteiger partial charge in [-0.3, -0.25) is 14.5 Å². The van der Waals surface area contributed by atoms with E-state index in [-0.39, 0.29) is 49.0 Å². The zero-order valence-electron chi connectivity index (χ0n) is 23.6. The van der Waals surface area contributed by atoms with E-state index in [2.05, 4.69) is 75.4 Å². The van der Waals surface area contributed by atoms with Gasteiger partial charge in [-0.1, -0.05) is 66.7 Å². The first-order valence-corrected chi connectivity index (χ1v) is 14.1. The van der Waals surface area contributed by atoms with Crippen LogP contribution in [0.3, 0.4) is 0 Å². The predicted molar refractivity (Wildman–Crippen MR) is 175 cm³/mol. The first kappa shape index (κ1) is 33.8. The fourth-order valence-electron chi connectivity index (χ4n) is 6.20. The predicted octanol–water partition coefficient (Wildman–Crippen LogP) is 5.12. The number of piperazine rings is 1. The molecule has 6 rings (SSSR count). The van der Waals surface area contributed by atoms with Crippen molar-refractivity contribution in [2.24, 2.45) is 0 Å². The van der Waals surface area contributed by atoms with E-state index in [1.54, 1.807) is 4.90 Å². The summed E-state index contributed by atoms with van der Waals surface area (Å²) in [6.45, 7) is 8.16. The molecule has 2 saturated heterocycles. The van der Waals surface area contributed by atoms with Gasteiger partial charge in [0.15, 0.2) is 0 Å². The molecule has 0 atom stereocenters. The fraction of sp³-hybridized carbons (Fsp3) is 0.375. The van der Waals surface area contributed by atoms with Crippen molar-refractivity contribution < 1.29 is 14.3 Å². The molecule has 42 heavy (non-hydrogen) atoms. The number of carbonyl (C=O) groups is 2. The van der Waals surface area contributed by atoms with E-state index in [1.807, 2.05) is 18.2 Å². The number of carbonyl (C=O) groups excluding carboxylic acids is 2. The number of nitrogens with zero attached hydrogens (tertiary/aromatic N) is 4. The summed E-state index contributed by atoms with van der Waals surface area (Å²) in [7, 11) is 0. The minimum Gasteiger partial charge on any atom is -0.378 e.